The van der Waals surface area contributed by atoms with Gasteiger partial charge in [-0.1, -0.05) is 43.1 Å². The van der Waals surface area contributed by atoms with Crippen molar-refractivity contribution in [2.24, 2.45) is 5.92 Å². The highest BCUT2D eigenvalue weighted by Crippen LogP contribution is 2.22. The second-order valence-electron chi connectivity index (χ2n) is 5.40. The molecule has 0 radical (unpaired) electrons. The summed E-state index contributed by atoms with van der Waals surface area (Å²) in [6, 6.07) is 5.86. The number of halogens is 2. The minimum Gasteiger partial charge on any atom is -0.315 e. The van der Waals surface area contributed by atoms with Crippen LogP contribution in [-0.2, 0) is 6.42 Å². The zero-order valence-corrected chi connectivity index (χ0v) is 13.6. The van der Waals surface area contributed by atoms with Crippen molar-refractivity contribution in [3.8, 4) is 0 Å². The Morgan fingerprint density at radius 1 is 1.16 bits per heavy atom. The number of rotatable bonds is 8. The first kappa shape index (κ1) is 16.8. The molecule has 1 N–H and O–H groups in total. The Kier molecular flexibility index (Phi) is 7.77. The molecule has 0 fully saturated rings. The number of hydrogen-bond acceptors (Lipinski definition) is 2. The van der Waals surface area contributed by atoms with E-state index in [2.05, 4.69) is 31.1 Å². The summed E-state index contributed by atoms with van der Waals surface area (Å²) in [5, 5.41) is 4.71. The Morgan fingerprint density at radius 2 is 1.89 bits per heavy atom. The van der Waals surface area contributed by atoms with E-state index in [1.807, 2.05) is 18.2 Å². The molecule has 0 aliphatic heterocycles. The zero-order chi connectivity index (χ0) is 14.3. The van der Waals surface area contributed by atoms with Crippen LogP contribution in [0.15, 0.2) is 18.2 Å². The van der Waals surface area contributed by atoms with E-state index in [1.165, 1.54) is 5.56 Å². The van der Waals surface area contributed by atoms with Gasteiger partial charge in [-0.25, -0.2) is 0 Å². The summed E-state index contributed by atoms with van der Waals surface area (Å²) in [7, 11) is 2.15. The first-order valence-electron chi connectivity index (χ1n) is 6.82. The van der Waals surface area contributed by atoms with Crippen molar-refractivity contribution < 1.29 is 0 Å². The van der Waals surface area contributed by atoms with Gasteiger partial charge in [0.05, 0.1) is 10.0 Å². The molecule has 1 aromatic carbocycles. The predicted molar refractivity (Wildman–Crippen MR) is 85.4 cm³/mol. The van der Waals surface area contributed by atoms with Gasteiger partial charge in [0.25, 0.3) is 0 Å². The average molecular weight is 303 g/mol. The van der Waals surface area contributed by atoms with Gasteiger partial charge < -0.3 is 10.2 Å². The van der Waals surface area contributed by atoms with Crippen LogP contribution >= 0.6 is 23.2 Å². The van der Waals surface area contributed by atoms with Gasteiger partial charge in [-0.2, -0.15) is 0 Å². The Labute approximate surface area is 127 Å². The van der Waals surface area contributed by atoms with Gasteiger partial charge in [0, 0.05) is 19.6 Å². The number of nitrogens with zero attached hydrogens (tertiary/aromatic N) is 1. The molecular weight excluding hydrogens is 279 g/mol. The summed E-state index contributed by atoms with van der Waals surface area (Å²) in [4.78, 5) is 2.33. The number of hydrogen-bond donors (Lipinski definition) is 1. The molecule has 0 aliphatic rings. The van der Waals surface area contributed by atoms with E-state index in [0.717, 1.165) is 32.6 Å². The van der Waals surface area contributed by atoms with Crippen molar-refractivity contribution in [2.75, 3.05) is 33.2 Å². The molecule has 0 aromatic heterocycles. The minimum atomic E-state index is 0.622. The van der Waals surface area contributed by atoms with Crippen LogP contribution in [0.2, 0.25) is 10.0 Å². The molecule has 0 atom stereocenters. The Balaban J connectivity index is 2.22. The minimum absolute atomic E-state index is 0.622. The van der Waals surface area contributed by atoms with Crippen LogP contribution in [0.4, 0.5) is 0 Å². The Morgan fingerprint density at radius 3 is 2.53 bits per heavy atom. The van der Waals surface area contributed by atoms with Gasteiger partial charge in [0.2, 0.25) is 0 Å². The van der Waals surface area contributed by atoms with Crippen molar-refractivity contribution in [3.63, 3.8) is 0 Å². The number of nitrogens with one attached hydrogen (secondary N) is 1. The van der Waals surface area contributed by atoms with Crippen LogP contribution in [0, 0.1) is 5.92 Å². The molecule has 0 heterocycles. The second kappa shape index (κ2) is 8.80. The summed E-state index contributed by atoms with van der Waals surface area (Å²) in [6.07, 6.45) is 0.998. The quantitative estimate of drug-likeness (QED) is 0.736. The van der Waals surface area contributed by atoms with Crippen molar-refractivity contribution in [1.82, 2.24) is 10.2 Å². The van der Waals surface area contributed by atoms with E-state index in [4.69, 9.17) is 23.2 Å². The summed E-state index contributed by atoms with van der Waals surface area (Å²) in [5.41, 5.74) is 1.23. The highest BCUT2D eigenvalue weighted by Gasteiger charge is 2.02. The summed E-state index contributed by atoms with van der Waals surface area (Å²) in [5.74, 6) is 0.710. The highest BCUT2D eigenvalue weighted by atomic mass is 35.5. The van der Waals surface area contributed by atoms with Crippen molar-refractivity contribution in [3.05, 3.63) is 33.8 Å². The maximum absolute atomic E-state index is 6.01. The highest BCUT2D eigenvalue weighted by molar-refractivity contribution is 6.42. The maximum atomic E-state index is 6.01. The van der Waals surface area contributed by atoms with Crippen LogP contribution in [0.3, 0.4) is 0 Å². The number of likely N-dealkylation sites (N-methyl/N-ethyl adjacent to an activating group) is 1. The Bertz CT molecular complexity index is 380. The van der Waals surface area contributed by atoms with Gasteiger partial charge in [0.15, 0.2) is 0 Å². The second-order valence-corrected chi connectivity index (χ2v) is 6.21. The van der Waals surface area contributed by atoms with Crippen LogP contribution in [-0.4, -0.2) is 38.1 Å². The SMILES string of the molecule is CC(C)CNCCN(C)CCc1ccc(Cl)c(Cl)c1. The van der Waals surface area contributed by atoms with Gasteiger partial charge in [-0.05, 0) is 43.6 Å². The van der Waals surface area contributed by atoms with Crippen molar-refractivity contribution >= 4 is 23.2 Å². The average Bonchev–Trinajstić information content (AvgIpc) is 2.36. The standard InChI is InChI=1S/C15H24Cl2N2/c1-12(2)11-18-7-9-19(3)8-6-13-4-5-14(16)15(17)10-13/h4-5,10,12,18H,6-9,11H2,1-3H3. The topological polar surface area (TPSA) is 15.3 Å². The molecular formula is C15H24Cl2N2. The van der Waals surface area contributed by atoms with Gasteiger partial charge in [0.1, 0.15) is 0 Å². The zero-order valence-electron chi connectivity index (χ0n) is 12.0. The van der Waals surface area contributed by atoms with E-state index in [9.17, 15) is 0 Å². The molecule has 0 saturated carbocycles. The van der Waals surface area contributed by atoms with Crippen molar-refractivity contribution in [2.45, 2.75) is 20.3 Å². The van der Waals surface area contributed by atoms with E-state index in [1.54, 1.807) is 0 Å². The predicted octanol–water partition coefficient (Wildman–Crippen LogP) is 3.71. The maximum Gasteiger partial charge on any atom is 0.0595 e. The van der Waals surface area contributed by atoms with Crippen LogP contribution in [0.25, 0.3) is 0 Å². The Hall–Kier alpha value is -0.280. The normalized spacial score (nSPS) is 11.5. The molecule has 4 heteroatoms. The molecule has 0 unspecified atom stereocenters. The van der Waals surface area contributed by atoms with Crippen LogP contribution < -0.4 is 5.32 Å². The molecule has 19 heavy (non-hydrogen) atoms. The largest absolute Gasteiger partial charge is 0.315 e. The van der Waals surface area contributed by atoms with Gasteiger partial charge in [-0.15, -0.1) is 0 Å². The summed E-state index contributed by atoms with van der Waals surface area (Å²) >= 11 is 11.9. The van der Waals surface area contributed by atoms with Crippen molar-refractivity contribution in [1.29, 1.82) is 0 Å². The van der Waals surface area contributed by atoms with Crippen LogP contribution in [0.5, 0.6) is 0 Å². The summed E-state index contributed by atoms with van der Waals surface area (Å²) < 4.78 is 0. The third-order valence-electron chi connectivity index (χ3n) is 2.99. The van der Waals surface area contributed by atoms with E-state index >= 15 is 0 Å². The first-order valence-corrected chi connectivity index (χ1v) is 7.58. The fraction of sp³-hybridized carbons (Fsp3) is 0.600. The first-order chi connectivity index (χ1) is 8.99. The molecule has 1 aromatic rings. The molecule has 0 amide bonds. The molecule has 0 spiro atoms. The molecule has 0 aliphatic carbocycles. The van der Waals surface area contributed by atoms with E-state index < -0.39 is 0 Å². The molecule has 2 nitrogen and oxygen atoms in total. The number of benzene rings is 1. The molecule has 1 rings (SSSR count). The lowest BCUT2D eigenvalue weighted by atomic mass is 10.1. The fourth-order valence-electron chi connectivity index (χ4n) is 1.79. The van der Waals surface area contributed by atoms with Gasteiger partial charge in [-0.3, -0.25) is 0 Å². The third-order valence-corrected chi connectivity index (χ3v) is 3.73. The third kappa shape index (κ3) is 7.17. The lowest BCUT2D eigenvalue weighted by molar-refractivity contribution is 0.332. The fourth-order valence-corrected chi connectivity index (χ4v) is 2.11. The smallest absolute Gasteiger partial charge is 0.0595 e. The molecule has 0 saturated heterocycles. The monoisotopic (exact) mass is 302 g/mol. The lowest BCUT2D eigenvalue weighted by Crippen LogP contribution is -2.32. The van der Waals surface area contributed by atoms with E-state index in [0.29, 0.717) is 16.0 Å². The van der Waals surface area contributed by atoms with E-state index in [-0.39, 0.29) is 0 Å². The van der Waals surface area contributed by atoms with Gasteiger partial charge >= 0.3 is 0 Å². The molecule has 0 bridgehead atoms. The molecule has 108 valence electrons. The summed E-state index contributed by atoms with van der Waals surface area (Å²) in [6.45, 7) is 8.66. The van der Waals surface area contributed by atoms with Crippen LogP contribution in [0.1, 0.15) is 19.4 Å². The lowest BCUT2D eigenvalue weighted by Gasteiger charge is -2.17.